The third-order valence-electron chi connectivity index (χ3n) is 5.94. The minimum Gasteiger partial charge on any atom is -0.328 e. The van der Waals surface area contributed by atoms with Gasteiger partial charge in [-0.05, 0) is 51.4 Å². The van der Waals surface area contributed by atoms with Gasteiger partial charge in [-0.25, -0.2) is 0 Å². The number of nitrogens with zero attached hydrogens (tertiary/aromatic N) is 2. The van der Waals surface area contributed by atoms with Crippen LogP contribution in [-0.2, 0) is 0 Å². The van der Waals surface area contributed by atoms with Gasteiger partial charge < -0.3 is 9.69 Å². The summed E-state index contributed by atoms with van der Waals surface area (Å²) >= 11 is 0. The highest BCUT2D eigenvalue weighted by Gasteiger charge is 2.25. The predicted molar refractivity (Wildman–Crippen MR) is 125 cm³/mol. The van der Waals surface area contributed by atoms with Crippen molar-refractivity contribution < 1.29 is 14.8 Å². The molecule has 0 amide bonds. The summed E-state index contributed by atoms with van der Waals surface area (Å²) in [6.45, 7) is 15.2. The van der Waals surface area contributed by atoms with Crippen LogP contribution in [0.1, 0.15) is 130 Å². The Morgan fingerprint density at radius 2 is 0.759 bits per heavy atom. The van der Waals surface area contributed by atoms with Crippen LogP contribution in [0.2, 0.25) is 0 Å². The van der Waals surface area contributed by atoms with Crippen molar-refractivity contribution >= 4 is 0 Å². The van der Waals surface area contributed by atoms with Crippen molar-refractivity contribution in [3.8, 4) is 0 Å². The van der Waals surface area contributed by atoms with Gasteiger partial charge in [0.25, 0.3) is 5.09 Å². The first-order chi connectivity index (χ1) is 14.0. The van der Waals surface area contributed by atoms with Crippen LogP contribution >= 0.6 is 0 Å². The summed E-state index contributed by atoms with van der Waals surface area (Å²) in [5.74, 6) is 0. The van der Waals surface area contributed by atoms with Crippen LogP contribution in [0.25, 0.3) is 0 Å². The predicted octanol–water partition coefficient (Wildman–Crippen LogP) is 7.78. The molecule has 0 aromatic heterocycles. The SMILES string of the molecule is CCCCCC[N+](CCCCCC)(CCCCCC)CCCCCC.O=[N+]([O-])O. The van der Waals surface area contributed by atoms with Crippen molar-refractivity contribution in [1.82, 2.24) is 0 Å². The first-order valence-electron chi connectivity index (χ1n) is 12.7. The topological polar surface area (TPSA) is 63.4 Å². The zero-order valence-corrected chi connectivity index (χ0v) is 20.3. The normalized spacial score (nSPS) is 11.2. The van der Waals surface area contributed by atoms with E-state index in [2.05, 4.69) is 27.7 Å². The number of hydrogen-bond donors (Lipinski definition) is 1. The summed E-state index contributed by atoms with van der Waals surface area (Å²) in [5.41, 5.74) is 0. The van der Waals surface area contributed by atoms with Gasteiger partial charge in [0, 0.05) is 0 Å². The molecule has 29 heavy (non-hydrogen) atoms. The lowest BCUT2D eigenvalue weighted by atomic mass is 10.1. The van der Waals surface area contributed by atoms with Crippen LogP contribution < -0.4 is 0 Å². The van der Waals surface area contributed by atoms with Crippen LogP contribution in [-0.4, -0.2) is 41.0 Å². The van der Waals surface area contributed by atoms with E-state index >= 15 is 0 Å². The molecule has 0 aromatic rings. The molecule has 0 aliphatic carbocycles. The molecule has 5 nitrogen and oxygen atoms in total. The first-order valence-corrected chi connectivity index (χ1v) is 12.7. The Labute approximate surface area is 182 Å². The van der Waals surface area contributed by atoms with Gasteiger partial charge in [0.05, 0.1) is 26.2 Å². The van der Waals surface area contributed by atoms with E-state index in [4.69, 9.17) is 15.3 Å². The molecule has 0 bridgehead atoms. The average molecular weight is 418 g/mol. The maximum absolute atomic E-state index is 8.36. The molecule has 0 aliphatic heterocycles. The number of hydrogen-bond acceptors (Lipinski definition) is 2. The van der Waals surface area contributed by atoms with Gasteiger partial charge in [0.2, 0.25) is 0 Å². The minimum atomic E-state index is -1.50. The van der Waals surface area contributed by atoms with Crippen LogP contribution in [0.15, 0.2) is 0 Å². The molecule has 1 N–H and O–H groups in total. The molecular formula is C24H53N2O3+. The zero-order valence-electron chi connectivity index (χ0n) is 20.3. The molecule has 0 saturated carbocycles. The summed E-state index contributed by atoms with van der Waals surface area (Å²) in [7, 11) is 0. The third kappa shape index (κ3) is 23.3. The molecule has 0 spiro atoms. The minimum absolute atomic E-state index is 1.36. The molecule has 0 rings (SSSR count). The van der Waals surface area contributed by atoms with E-state index in [1.807, 2.05) is 0 Å². The molecule has 176 valence electrons. The fraction of sp³-hybridized carbons (Fsp3) is 1.00. The van der Waals surface area contributed by atoms with Crippen LogP contribution in [0.3, 0.4) is 0 Å². The Bertz CT molecular complexity index is 281. The molecule has 0 aliphatic rings. The Kier molecular flexibility index (Phi) is 24.5. The second-order valence-corrected chi connectivity index (χ2v) is 8.72. The van der Waals surface area contributed by atoms with Crippen molar-refractivity contribution in [3.05, 3.63) is 10.1 Å². The van der Waals surface area contributed by atoms with Crippen molar-refractivity contribution in [2.45, 2.75) is 130 Å². The maximum Gasteiger partial charge on any atom is 0.291 e. The van der Waals surface area contributed by atoms with Gasteiger partial charge in [-0.2, -0.15) is 0 Å². The summed E-state index contributed by atoms with van der Waals surface area (Å²) in [4.78, 5) is 8.36. The van der Waals surface area contributed by atoms with E-state index in [0.29, 0.717) is 0 Å². The smallest absolute Gasteiger partial charge is 0.291 e. The highest BCUT2D eigenvalue weighted by Crippen LogP contribution is 2.19. The zero-order chi connectivity index (χ0) is 22.2. The lowest BCUT2D eigenvalue weighted by Gasteiger charge is -2.39. The quantitative estimate of drug-likeness (QED) is 0.0951. The van der Waals surface area contributed by atoms with E-state index in [1.165, 1.54) is 133 Å². The summed E-state index contributed by atoms with van der Waals surface area (Å²) < 4.78 is 1.46. The summed E-state index contributed by atoms with van der Waals surface area (Å²) in [6.07, 6.45) is 22.8. The van der Waals surface area contributed by atoms with Gasteiger partial charge in [-0.1, -0.05) is 79.1 Å². The van der Waals surface area contributed by atoms with E-state index in [9.17, 15) is 0 Å². The van der Waals surface area contributed by atoms with Crippen molar-refractivity contribution in [3.63, 3.8) is 0 Å². The average Bonchev–Trinajstić information content (AvgIpc) is 2.69. The maximum atomic E-state index is 8.36. The van der Waals surface area contributed by atoms with Gasteiger partial charge in [-0.15, -0.1) is 10.1 Å². The molecule has 0 saturated heterocycles. The van der Waals surface area contributed by atoms with Crippen LogP contribution in [0, 0.1) is 10.1 Å². The molecule has 0 aromatic carbocycles. The molecular weight excluding hydrogens is 364 g/mol. The Balaban J connectivity index is 0. The Hall–Kier alpha value is -0.840. The fourth-order valence-corrected chi connectivity index (χ4v) is 4.17. The molecule has 0 radical (unpaired) electrons. The lowest BCUT2D eigenvalue weighted by molar-refractivity contribution is -0.929. The van der Waals surface area contributed by atoms with E-state index < -0.39 is 5.09 Å². The van der Waals surface area contributed by atoms with Crippen LogP contribution in [0.5, 0.6) is 0 Å². The highest BCUT2D eigenvalue weighted by atomic mass is 16.9. The van der Waals surface area contributed by atoms with Crippen molar-refractivity contribution in [2.24, 2.45) is 0 Å². The highest BCUT2D eigenvalue weighted by molar-refractivity contribution is 4.53. The standard InChI is InChI=1S/C24H52N.HNO3/c1-5-9-13-17-21-25(22-18-14-10-6-2,23-19-15-11-7-3)24-20-16-12-8-4;2-1(3)4/h5-24H2,1-4H3;(H,2,3,4)/q+1;. The van der Waals surface area contributed by atoms with Crippen molar-refractivity contribution in [2.75, 3.05) is 26.2 Å². The van der Waals surface area contributed by atoms with Crippen molar-refractivity contribution in [1.29, 1.82) is 0 Å². The molecule has 0 atom stereocenters. The number of quaternary nitrogens is 1. The monoisotopic (exact) mass is 417 g/mol. The van der Waals surface area contributed by atoms with Crippen LogP contribution in [0.4, 0.5) is 0 Å². The molecule has 5 heteroatoms. The van der Waals surface area contributed by atoms with Gasteiger partial charge in [0.1, 0.15) is 0 Å². The number of unbranched alkanes of at least 4 members (excludes halogenated alkanes) is 12. The number of rotatable bonds is 20. The summed E-state index contributed by atoms with van der Waals surface area (Å²) in [5, 5.41) is 13.6. The Morgan fingerprint density at radius 1 is 0.552 bits per heavy atom. The van der Waals surface area contributed by atoms with Gasteiger partial charge in [0.15, 0.2) is 0 Å². The fourth-order valence-electron chi connectivity index (χ4n) is 4.17. The molecule has 0 heterocycles. The Morgan fingerprint density at radius 3 is 0.931 bits per heavy atom. The largest absolute Gasteiger partial charge is 0.328 e. The van der Waals surface area contributed by atoms with E-state index in [1.54, 1.807) is 0 Å². The van der Waals surface area contributed by atoms with Gasteiger partial charge >= 0.3 is 0 Å². The molecule has 0 unspecified atom stereocenters. The van der Waals surface area contributed by atoms with E-state index in [-0.39, 0.29) is 0 Å². The second kappa shape index (κ2) is 23.4. The van der Waals surface area contributed by atoms with E-state index in [0.717, 1.165) is 0 Å². The second-order valence-electron chi connectivity index (χ2n) is 8.72. The summed E-state index contributed by atoms with van der Waals surface area (Å²) in [6, 6.07) is 0. The van der Waals surface area contributed by atoms with Gasteiger partial charge in [-0.3, -0.25) is 0 Å². The lowest BCUT2D eigenvalue weighted by Crippen LogP contribution is -2.50. The third-order valence-corrected chi connectivity index (χ3v) is 5.94. The molecule has 0 fully saturated rings. The first kappa shape index (κ1) is 30.4.